The van der Waals surface area contributed by atoms with Gasteiger partial charge in [-0.2, -0.15) is 0 Å². The van der Waals surface area contributed by atoms with E-state index in [1.165, 1.54) is 6.42 Å². The predicted octanol–water partition coefficient (Wildman–Crippen LogP) is 2.56. The highest BCUT2D eigenvalue weighted by atomic mass is 16.1. The average Bonchev–Trinajstić information content (AvgIpc) is 3.12. The number of carbonyl (C=O) groups excluding carboxylic acids is 1. The van der Waals surface area contributed by atoms with E-state index < -0.39 is 0 Å². The van der Waals surface area contributed by atoms with Gasteiger partial charge >= 0.3 is 0 Å². The van der Waals surface area contributed by atoms with E-state index in [0.29, 0.717) is 24.5 Å². The van der Waals surface area contributed by atoms with Crippen LogP contribution in [0.25, 0.3) is 11.0 Å². The fraction of sp³-hybridized carbons (Fsp3) is 0.529. The minimum atomic E-state index is 0.312. The van der Waals surface area contributed by atoms with Crippen LogP contribution in [0.2, 0.25) is 0 Å². The number of ketones is 1. The van der Waals surface area contributed by atoms with Crippen LogP contribution >= 0.6 is 0 Å². The summed E-state index contributed by atoms with van der Waals surface area (Å²) < 4.78 is 2.16. The zero-order valence-corrected chi connectivity index (χ0v) is 12.6. The topological polar surface area (TPSA) is 46.9 Å². The molecule has 3 rings (SSSR count). The van der Waals surface area contributed by atoms with Crippen LogP contribution in [0.15, 0.2) is 24.3 Å². The first-order valence-corrected chi connectivity index (χ1v) is 7.94. The van der Waals surface area contributed by atoms with Crippen molar-refractivity contribution in [3.05, 3.63) is 30.1 Å². The molecule has 1 aliphatic heterocycles. The maximum absolute atomic E-state index is 12.2. The molecule has 1 atom stereocenters. The summed E-state index contributed by atoms with van der Waals surface area (Å²) >= 11 is 0. The summed E-state index contributed by atoms with van der Waals surface area (Å²) in [7, 11) is 0. The largest absolute Gasteiger partial charge is 0.328 e. The van der Waals surface area contributed by atoms with Gasteiger partial charge in [-0.1, -0.05) is 12.1 Å². The first kappa shape index (κ1) is 14.3. The molecule has 4 heteroatoms. The minimum absolute atomic E-state index is 0.312. The molecule has 1 aromatic carbocycles. The van der Waals surface area contributed by atoms with Gasteiger partial charge in [0.1, 0.15) is 11.6 Å². The quantitative estimate of drug-likeness (QED) is 0.887. The van der Waals surface area contributed by atoms with Crippen molar-refractivity contribution in [3.8, 4) is 0 Å². The maximum Gasteiger partial charge on any atom is 0.140 e. The summed E-state index contributed by atoms with van der Waals surface area (Å²) in [6, 6.07) is 8.10. The smallest absolute Gasteiger partial charge is 0.140 e. The number of rotatable bonds is 6. The van der Waals surface area contributed by atoms with Crippen molar-refractivity contribution in [2.24, 2.45) is 5.92 Å². The normalized spacial score (nSPS) is 18.4. The van der Waals surface area contributed by atoms with Crippen molar-refractivity contribution in [3.63, 3.8) is 0 Å². The maximum atomic E-state index is 12.2. The molecule has 0 spiro atoms. The molecule has 0 aliphatic carbocycles. The van der Waals surface area contributed by atoms with Crippen LogP contribution in [0.4, 0.5) is 0 Å². The van der Waals surface area contributed by atoms with Crippen LogP contribution in [-0.4, -0.2) is 28.4 Å². The molecule has 0 saturated carbocycles. The fourth-order valence-corrected chi connectivity index (χ4v) is 3.20. The summed E-state index contributed by atoms with van der Waals surface area (Å²) in [4.78, 5) is 16.9. The van der Waals surface area contributed by atoms with Crippen molar-refractivity contribution in [1.29, 1.82) is 0 Å². The first-order chi connectivity index (χ1) is 10.3. The zero-order chi connectivity index (χ0) is 14.7. The van der Waals surface area contributed by atoms with Gasteiger partial charge in [-0.15, -0.1) is 0 Å². The van der Waals surface area contributed by atoms with Gasteiger partial charge in [0.2, 0.25) is 0 Å². The number of nitrogens with one attached hydrogen (secondary N) is 1. The highest BCUT2D eigenvalue weighted by Crippen LogP contribution is 2.18. The average molecular weight is 285 g/mol. The molecule has 1 aromatic heterocycles. The van der Waals surface area contributed by atoms with E-state index in [1.807, 2.05) is 18.2 Å². The van der Waals surface area contributed by atoms with E-state index in [-0.39, 0.29) is 0 Å². The Morgan fingerprint density at radius 3 is 3.05 bits per heavy atom. The van der Waals surface area contributed by atoms with Gasteiger partial charge in [0.15, 0.2) is 0 Å². The van der Waals surface area contributed by atoms with Gasteiger partial charge in [0.25, 0.3) is 0 Å². The molecule has 2 aromatic rings. The number of aromatic nitrogens is 2. The Balaban J connectivity index is 1.67. The molecule has 1 aliphatic rings. The van der Waals surface area contributed by atoms with Crippen LogP contribution in [0.1, 0.15) is 32.0 Å². The molecule has 112 valence electrons. The van der Waals surface area contributed by atoms with E-state index >= 15 is 0 Å². The van der Waals surface area contributed by atoms with E-state index in [0.717, 1.165) is 42.9 Å². The van der Waals surface area contributed by atoms with Gasteiger partial charge in [0.05, 0.1) is 17.5 Å². The number of fused-ring (bicyclic) bond motifs is 1. The molecule has 0 radical (unpaired) electrons. The van der Waals surface area contributed by atoms with Crippen molar-refractivity contribution in [2.75, 3.05) is 13.1 Å². The lowest BCUT2D eigenvalue weighted by Crippen LogP contribution is -2.13. The third-order valence-electron chi connectivity index (χ3n) is 4.40. The molecule has 1 fully saturated rings. The predicted molar refractivity (Wildman–Crippen MR) is 84.3 cm³/mol. The number of benzene rings is 1. The number of hydrogen-bond donors (Lipinski definition) is 1. The molecule has 4 nitrogen and oxygen atoms in total. The van der Waals surface area contributed by atoms with E-state index in [1.54, 1.807) is 0 Å². The summed E-state index contributed by atoms with van der Waals surface area (Å²) in [6.45, 7) is 5.13. The first-order valence-electron chi connectivity index (χ1n) is 7.94. The number of nitrogens with zero attached hydrogens (tertiary/aromatic N) is 2. The Morgan fingerprint density at radius 1 is 1.43 bits per heavy atom. The number of carbonyl (C=O) groups is 1. The van der Waals surface area contributed by atoms with Crippen LogP contribution in [-0.2, 0) is 17.8 Å². The molecule has 2 heterocycles. The van der Waals surface area contributed by atoms with Crippen molar-refractivity contribution in [1.82, 2.24) is 14.9 Å². The number of Topliss-reactive ketones (excluding diaryl/α,β-unsaturated/α-hetero) is 1. The number of para-hydroxylation sites is 2. The van der Waals surface area contributed by atoms with Gasteiger partial charge in [-0.05, 0) is 50.9 Å². The van der Waals surface area contributed by atoms with E-state index in [4.69, 9.17) is 0 Å². The highest BCUT2D eigenvalue weighted by Gasteiger charge is 2.17. The molecule has 1 N–H and O–H groups in total. The second-order valence-corrected chi connectivity index (χ2v) is 5.87. The zero-order valence-electron chi connectivity index (χ0n) is 12.6. The lowest BCUT2D eigenvalue weighted by molar-refractivity contribution is -0.118. The minimum Gasteiger partial charge on any atom is -0.328 e. The lowest BCUT2D eigenvalue weighted by Gasteiger charge is -2.08. The molecular formula is C17H23N3O. The van der Waals surface area contributed by atoms with Gasteiger partial charge < -0.3 is 9.88 Å². The van der Waals surface area contributed by atoms with E-state index in [2.05, 4.69) is 27.9 Å². The number of imidazole rings is 1. The molecule has 1 saturated heterocycles. The third-order valence-corrected chi connectivity index (χ3v) is 4.40. The molecule has 0 amide bonds. The van der Waals surface area contributed by atoms with Crippen LogP contribution < -0.4 is 5.32 Å². The standard InChI is InChI=1S/C17H23N3O/c1-2-20-16-6-4-3-5-15(16)19-17(20)11-14(21)8-7-13-9-10-18-12-13/h3-6,13,18H,2,7-12H2,1H3. The van der Waals surface area contributed by atoms with Gasteiger partial charge in [0, 0.05) is 13.0 Å². The van der Waals surface area contributed by atoms with Gasteiger partial charge in [-0.25, -0.2) is 4.98 Å². The van der Waals surface area contributed by atoms with Crippen molar-refractivity contribution >= 4 is 16.8 Å². The Labute approximate surface area is 125 Å². The van der Waals surface area contributed by atoms with Crippen LogP contribution in [0.5, 0.6) is 0 Å². The Morgan fingerprint density at radius 2 is 2.29 bits per heavy atom. The SMILES string of the molecule is CCn1c(CC(=O)CCC2CCNC2)nc2ccccc21. The fourth-order valence-electron chi connectivity index (χ4n) is 3.20. The summed E-state index contributed by atoms with van der Waals surface area (Å²) in [5.74, 6) is 1.90. The molecule has 21 heavy (non-hydrogen) atoms. The van der Waals surface area contributed by atoms with E-state index in [9.17, 15) is 4.79 Å². The molecule has 1 unspecified atom stereocenters. The Kier molecular flexibility index (Phi) is 4.34. The van der Waals surface area contributed by atoms with Crippen molar-refractivity contribution in [2.45, 2.75) is 39.2 Å². The van der Waals surface area contributed by atoms with Crippen LogP contribution in [0, 0.1) is 5.92 Å². The second-order valence-electron chi connectivity index (χ2n) is 5.87. The second kappa shape index (κ2) is 6.39. The molecule has 0 bridgehead atoms. The lowest BCUT2D eigenvalue weighted by atomic mass is 10.00. The summed E-state index contributed by atoms with van der Waals surface area (Å²) in [6.07, 6.45) is 3.36. The van der Waals surface area contributed by atoms with Crippen LogP contribution in [0.3, 0.4) is 0 Å². The monoisotopic (exact) mass is 285 g/mol. The Hall–Kier alpha value is -1.68. The Bertz CT molecular complexity index is 626. The summed E-state index contributed by atoms with van der Waals surface area (Å²) in [5.41, 5.74) is 2.12. The number of hydrogen-bond acceptors (Lipinski definition) is 3. The van der Waals surface area contributed by atoms with Crippen molar-refractivity contribution < 1.29 is 4.79 Å². The van der Waals surface area contributed by atoms with Gasteiger partial charge in [-0.3, -0.25) is 4.79 Å². The third kappa shape index (κ3) is 3.16. The molecular weight excluding hydrogens is 262 g/mol. The highest BCUT2D eigenvalue weighted by molar-refractivity contribution is 5.82. The number of aryl methyl sites for hydroxylation is 1. The summed E-state index contributed by atoms with van der Waals surface area (Å²) in [5, 5.41) is 3.35.